The summed E-state index contributed by atoms with van der Waals surface area (Å²) in [5.74, 6) is -4.80. The number of rotatable bonds is 6. The molecule has 0 aliphatic heterocycles. The molecule has 1 N–H and O–H groups in total. The molecule has 174 valence electrons. The number of hydrogen-bond donors (Lipinski definition) is 1. The first-order valence-electron chi connectivity index (χ1n) is 9.57. The predicted octanol–water partition coefficient (Wildman–Crippen LogP) is 5.07. The van der Waals surface area contributed by atoms with Crippen molar-refractivity contribution in [2.24, 2.45) is 0 Å². The second kappa shape index (κ2) is 9.60. The fourth-order valence-corrected chi connectivity index (χ4v) is 2.64. The molecule has 2 aromatic heterocycles. The van der Waals surface area contributed by atoms with Crippen LogP contribution in [0.1, 0.15) is 47.4 Å². The van der Waals surface area contributed by atoms with E-state index in [1.807, 2.05) is 0 Å². The van der Waals surface area contributed by atoms with Crippen molar-refractivity contribution >= 4 is 40.9 Å². The van der Waals surface area contributed by atoms with Crippen LogP contribution in [-0.4, -0.2) is 39.2 Å². The Bertz CT molecular complexity index is 1010. The Morgan fingerprint density at radius 2 is 1.84 bits per heavy atom. The minimum atomic E-state index is -3.43. The minimum absolute atomic E-state index is 0.0417. The summed E-state index contributed by atoms with van der Waals surface area (Å²) in [5, 5.41) is 2.18. The van der Waals surface area contributed by atoms with Crippen molar-refractivity contribution in [3.63, 3.8) is 0 Å². The Labute approximate surface area is 189 Å². The van der Waals surface area contributed by atoms with Gasteiger partial charge in [-0.05, 0) is 27.7 Å². The van der Waals surface area contributed by atoms with E-state index in [2.05, 4.69) is 20.3 Å². The van der Waals surface area contributed by atoms with Gasteiger partial charge in [0.1, 0.15) is 28.1 Å². The summed E-state index contributed by atoms with van der Waals surface area (Å²) in [4.78, 5) is 37.0. The number of hydrogen-bond acceptors (Lipinski definition) is 7. The number of pyridine rings is 1. The SMILES string of the molecule is CCOc1cnc(NC(C)=O)cc1N(C(=O)OC(C)(C)C)c1cc(Cl)nc(C(C)(F)F)n1. The molecule has 0 atom stereocenters. The smallest absolute Gasteiger partial charge is 0.420 e. The van der Waals surface area contributed by atoms with E-state index in [0.717, 1.165) is 11.0 Å². The number of carbonyl (C=O) groups is 2. The first-order chi connectivity index (χ1) is 14.7. The maximum absolute atomic E-state index is 14.0. The quantitative estimate of drug-likeness (QED) is 0.586. The number of carbonyl (C=O) groups excluding carboxylic acids is 2. The van der Waals surface area contributed by atoms with Crippen LogP contribution >= 0.6 is 11.6 Å². The number of amides is 2. The van der Waals surface area contributed by atoms with Gasteiger partial charge in [-0.25, -0.2) is 24.6 Å². The summed E-state index contributed by atoms with van der Waals surface area (Å²) in [7, 11) is 0. The number of anilines is 3. The third kappa shape index (κ3) is 6.71. The second-order valence-electron chi connectivity index (χ2n) is 7.73. The Hall–Kier alpha value is -3.08. The largest absolute Gasteiger partial charge is 0.490 e. The van der Waals surface area contributed by atoms with E-state index in [-0.39, 0.29) is 34.8 Å². The Morgan fingerprint density at radius 3 is 2.38 bits per heavy atom. The van der Waals surface area contributed by atoms with Crippen LogP contribution in [0, 0.1) is 0 Å². The highest BCUT2D eigenvalue weighted by atomic mass is 35.5. The molecule has 0 bridgehead atoms. The summed E-state index contributed by atoms with van der Waals surface area (Å²) in [6, 6.07) is 2.46. The zero-order valence-electron chi connectivity index (χ0n) is 18.5. The molecule has 12 heteroatoms. The van der Waals surface area contributed by atoms with Gasteiger partial charge in [-0.3, -0.25) is 4.79 Å². The second-order valence-corrected chi connectivity index (χ2v) is 8.12. The normalized spacial score (nSPS) is 11.7. The standard InChI is InChI=1S/C20H24ClF2N5O4/c1-7-31-13-10-24-15(25-11(2)29)8-12(13)28(18(30)32-19(3,4)5)16-9-14(21)26-17(27-16)20(6,22)23/h8-10H,7H2,1-6H3,(H,24,25,29). The van der Waals surface area contributed by atoms with E-state index >= 15 is 0 Å². The molecule has 9 nitrogen and oxygen atoms in total. The third-order valence-corrected chi connectivity index (χ3v) is 3.76. The van der Waals surface area contributed by atoms with Crippen LogP contribution in [0.5, 0.6) is 5.75 Å². The number of halogens is 3. The topological polar surface area (TPSA) is 107 Å². The fraction of sp³-hybridized carbons (Fsp3) is 0.450. The summed E-state index contributed by atoms with van der Waals surface area (Å²) in [6.07, 6.45) is 0.332. The molecule has 0 aliphatic rings. The summed E-state index contributed by atoms with van der Waals surface area (Å²) < 4.78 is 38.9. The van der Waals surface area contributed by atoms with E-state index in [1.165, 1.54) is 19.2 Å². The first-order valence-corrected chi connectivity index (χ1v) is 9.95. The van der Waals surface area contributed by atoms with E-state index < -0.39 is 29.3 Å². The lowest BCUT2D eigenvalue weighted by atomic mass is 10.2. The van der Waals surface area contributed by atoms with Crippen LogP contribution in [0.2, 0.25) is 5.15 Å². The highest BCUT2D eigenvalue weighted by molar-refractivity contribution is 6.29. The number of nitrogens with zero attached hydrogens (tertiary/aromatic N) is 4. The molecule has 0 aliphatic carbocycles. The molecular formula is C20H24ClF2N5O4. The molecule has 0 spiro atoms. The predicted molar refractivity (Wildman–Crippen MR) is 115 cm³/mol. The molecule has 0 unspecified atom stereocenters. The highest BCUT2D eigenvalue weighted by Gasteiger charge is 2.33. The number of ether oxygens (including phenoxy) is 2. The van der Waals surface area contributed by atoms with Crippen LogP contribution in [0.15, 0.2) is 18.3 Å². The molecular weight excluding hydrogens is 448 g/mol. The molecule has 2 heterocycles. The number of nitrogens with one attached hydrogen (secondary N) is 1. The molecule has 0 aromatic carbocycles. The number of alkyl halides is 2. The van der Waals surface area contributed by atoms with Crippen molar-refractivity contribution in [1.82, 2.24) is 15.0 Å². The molecule has 0 radical (unpaired) electrons. The Kier molecular flexibility index (Phi) is 7.55. The molecule has 2 amide bonds. The van der Waals surface area contributed by atoms with Gasteiger partial charge in [0.05, 0.1) is 12.8 Å². The van der Waals surface area contributed by atoms with E-state index in [1.54, 1.807) is 27.7 Å². The van der Waals surface area contributed by atoms with Gasteiger partial charge in [-0.2, -0.15) is 8.78 Å². The van der Waals surface area contributed by atoms with Gasteiger partial charge in [0.25, 0.3) is 0 Å². The maximum Gasteiger partial charge on any atom is 0.420 e. The Morgan fingerprint density at radius 1 is 1.19 bits per heavy atom. The van der Waals surface area contributed by atoms with Gasteiger partial charge in [-0.1, -0.05) is 11.6 Å². The molecule has 0 saturated carbocycles. The zero-order chi connectivity index (χ0) is 24.3. The van der Waals surface area contributed by atoms with Gasteiger partial charge < -0.3 is 14.8 Å². The summed E-state index contributed by atoms with van der Waals surface area (Å²) >= 11 is 5.96. The molecule has 0 fully saturated rings. The van der Waals surface area contributed by atoms with Crippen molar-refractivity contribution < 1.29 is 27.8 Å². The lowest BCUT2D eigenvalue weighted by Gasteiger charge is -2.28. The lowest BCUT2D eigenvalue weighted by Crippen LogP contribution is -2.35. The highest BCUT2D eigenvalue weighted by Crippen LogP contribution is 2.37. The van der Waals surface area contributed by atoms with Crippen molar-refractivity contribution in [2.45, 2.75) is 53.1 Å². The van der Waals surface area contributed by atoms with Gasteiger partial charge >= 0.3 is 12.0 Å². The van der Waals surface area contributed by atoms with Crippen LogP contribution in [0.3, 0.4) is 0 Å². The zero-order valence-corrected chi connectivity index (χ0v) is 19.3. The maximum atomic E-state index is 14.0. The van der Waals surface area contributed by atoms with Gasteiger partial charge in [0, 0.05) is 26.0 Å². The van der Waals surface area contributed by atoms with Crippen LogP contribution in [0.4, 0.5) is 30.9 Å². The average molecular weight is 472 g/mol. The van der Waals surface area contributed by atoms with Crippen LogP contribution in [0.25, 0.3) is 0 Å². The van der Waals surface area contributed by atoms with E-state index in [9.17, 15) is 18.4 Å². The van der Waals surface area contributed by atoms with Crippen LogP contribution in [-0.2, 0) is 15.5 Å². The van der Waals surface area contributed by atoms with Crippen molar-refractivity contribution in [2.75, 3.05) is 16.8 Å². The van der Waals surface area contributed by atoms with Gasteiger partial charge in [0.15, 0.2) is 5.75 Å². The summed E-state index contributed by atoms with van der Waals surface area (Å²) in [6.45, 7) is 8.72. The lowest BCUT2D eigenvalue weighted by molar-refractivity contribution is -0.114. The van der Waals surface area contributed by atoms with E-state index in [4.69, 9.17) is 21.1 Å². The average Bonchev–Trinajstić information content (AvgIpc) is 2.61. The number of aromatic nitrogens is 3. The molecule has 2 aromatic rings. The first kappa shape index (κ1) is 25.2. The van der Waals surface area contributed by atoms with Gasteiger partial charge in [0.2, 0.25) is 11.7 Å². The van der Waals surface area contributed by atoms with E-state index in [0.29, 0.717) is 6.92 Å². The Balaban J connectivity index is 2.77. The fourth-order valence-electron chi connectivity index (χ4n) is 2.46. The van der Waals surface area contributed by atoms with Crippen molar-refractivity contribution in [3.8, 4) is 5.75 Å². The van der Waals surface area contributed by atoms with Crippen molar-refractivity contribution in [3.05, 3.63) is 29.3 Å². The van der Waals surface area contributed by atoms with Gasteiger partial charge in [-0.15, -0.1) is 0 Å². The molecule has 2 rings (SSSR count). The minimum Gasteiger partial charge on any atom is -0.490 e. The van der Waals surface area contributed by atoms with Crippen LogP contribution < -0.4 is 15.0 Å². The molecule has 32 heavy (non-hydrogen) atoms. The third-order valence-electron chi connectivity index (χ3n) is 3.57. The monoisotopic (exact) mass is 471 g/mol. The molecule has 0 saturated heterocycles. The van der Waals surface area contributed by atoms with Crippen molar-refractivity contribution in [1.29, 1.82) is 0 Å². The summed E-state index contributed by atoms with van der Waals surface area (Å²) in [5.41, 5.74) is -0.886.